The zero-order chi connectivity index (χ0) is 26.4. The fraction of sp³-hybridized carbons (Fsp3) is 0.121. The molecule has 3 aromatic carbocycles. The van der Waals surface area contributed by atoms with Crippen molar-refractivity contribution in [3.63, 3.8) is 0 Å². The van der Waals surface area contributed by atoms with Crippen molar-refractivity contribution in [2.45, 2.75) is 27.7 Å². The molecule has 8 rings (SSSR count). The smallest absolute Gasteiger partial charge is 0.146 e. The Hall–Kier alpha value is -4.97. The third kappa shape index (κ3) is 3.00. The molecule has 0 radical (unpaired) electrons. The molecule has 6 heteroatoms. The van der Waals surface area contributed by atoms with Crippen molar-refractivity contribution in [3.8, 4) is 11.5 Å². The molecular formula is C33H25N5O. The Kier molecular flexibility index (Phi) is 4.39. The summed E-state index contributed by atoms with van der Waals surface area (Å²) in [6.07, 6.45) is 1.84. The Morgan fingerprint density at radius 3 is 1.85 bits per heavy atom. The van der Waals surface area contributed by atoms with Crippen molar-refractivity contribution in [2.24, 2.45) is 0 Å². The number of rotatable bonds is 2. The van der Waals surface area contributed by atoms with Crippen LogP contribution in [0.4, 0.5) is 0 Å². The van der Waals surface area contributed by atoms with Gasteiger partial charge in [0.15, 0.2) is 0 Å². The normalized spacial score (nSPS) is 12.1. The molecule has 0 saturated carbocycles. The van der Waals surface area contributed by atoms with Gasteiger partial charge in [-0.3, -0.25) is 8.80 Å². The molecule has 0 bridgehead atoms. The molecule has 0 unspecified atom stereocenters. The molecule has 0 atom stereocenters. The van der Waals surface area contributed by atoms with Gasteiger partial charge < -0.3 is 4.74 Å². The standard InChI is InChI=1S/C33H25N5O/c1-18-20(3)37-30-10-6-5-8-26(30)24-13-11-22(16-28(24)32(37)35-18)39-23-12-14-25-27-9-7-15-34-31(27)38-21(4)19(2)36-33(38)29(25)17-23/h5-17H,1-4H3. The summed E-state index contributed by atoms with van der Waals surface area (Å²) in [5, 5.41) is 6.68. The number of pyridine rings is 3. The Morgan fingerprint density at radius 2 is 1.13 bits per heavy atom. The van der Waals surface area contributed by atoms with Crippen molar-refractivity contribution in [2.75, 3.05) is 0 Å². The second-order valence-electron chi connectivity index (χ2n) is 10.3. The molecule has 188 valence electrons. The summed E-state index contributed by atoms with van der Waals surface area (Å²) in [6, 6.07) is 25.1. The summed E-state index contributed by atoms with van der Waals surface area (Å²) in [4.78, 5) is 14.5. The fourth-order valence-electron chi connectivity index (χ4n) is 5.97. The van der Waals surface area contributed by atoms with E-state index in [1.807, 2.05) is 31.3 Å². The van der Waals surface area contributed by atoms with E-state index in [9.17, 15) is 0 Å². The number of para-hydroxylation sites is 1. The predicted molar refractivity (Wildman–Crippen MR) is 157 cm³/mol. The third-order valence-corrected chi connectivity index (χ3v) is 8.11. The zero-order valence-corrected chi connectivity index (χ0v) is 22.1. The molecule has 0 fully saturated rings. The molecule has 5 aromatic heterocycles. The van der Waals surface area contributed by atoms with Gasteiger partial charge in [-0.15, -0.1) is 0 Å². The first-order valence-corrected chi connectivity index (χ1v) is 13.1. The van der Waals surface area contributed by atoms with Crippen molar-refractivity contribution in [1.29, 1.82) is 0 Å². The highest BCUT2D eigenvalue weighted by atomic mass is 16.5. The fourth-order valence-corrected chi connectivity index (χ4v) is 5.97. The van der Waals surface area contributed by atoms with Crippen LogP contribution in [0.5, 0.6) is 11.5 Å². The Morgan fingerprint density at radius 1 is 0.538 bits per heavy atom. The van der Waals surface area contributed by atoms with E-state index in [1.54, 1.807) is 0 Å². The van der Waals surface area contributed by atoms with Gasteiger partial charge in [-0.1, -0.05) is 18.2 Å². The van der Waals surface area contributed by atoms with Crippen LogP contribution in [0.2, 0.25) is 0 Å². The number of imidazole rings is 2. The maximum Gasteiger partial charge on any atom is 0.146 e. The van der Waals surface area contributed by atoms with Crippen LogP contribution in [-0.4, -0.2) is 23.8 Å². The van der Waals surface area contributed by atoms with Crippen molar-refractivity contribution in [1.82, 2.24) is 23.8 Å². The van der Waals surface area contributed by atoms with Crippen LogP contribution >= 0.6 is 0 Å². The minimum Gasteiger partial charge on any atom is -0.457 e. The van der Waals surface area contributed by atoms with Crippen LogP contribution < -0.4 is 4.74 Å². The molecule has 6 nitrogen and oxygen atoms in total. The van der Waals surface area contributed by atoms with E-state index >= 15 is 0 Å². The second kappa shape index (κ2) is 7.77. The first-order valence-electron chi connectivity index (χ1n) is 13.1. The number of ether oxygens (including phenoxy) is 1. The highest BCUT2D eigenvalue weighted by Crippen LogP contribution is 2.37. The topological polar surface area (TPSA) is 56.7 Å². The van der Waals surface area contributed by atoms with E-state index in [2.05, 4.69) is 84.2 Å². The molecule has 0 aliphatic carbocycles. The molecular weight excluding hydrogens is 482 g/mol. The van der Waals surface area contributed by atoms with Gasteiger partial charge in [-0.2, -0.15) is 0 Å². The highest BCUT2D eigenvalue weighted by Gasteiger charge is 2.17. The molecule has 8 aromatic rings. The highest BCUT2D eigenvalue weighted by molar-refractivity contribution is 6.13. The van der Waals surface area contributed by atoms with Gasteiger partial charge in [0.25, 0.3) is 0 Å². The summed E-state index contributed by atoms with van der Waals surface area (Å²) in [5.41, 5.74) is 8.21. The van der Waals surface area contributed by atoms with E-state index in [4.69, 9.17) is 19.7 Å². The monoisotopic (exact) mass is 507 g/mol. The van der Waals surface area contributed by atoms with Crippen LogP contribution in [0.3, 0.4) is 0 Å². The van der Waals surface area contributed by atoms with Crippen LogP contribution in [0, 0.1) is 27.7 Å². The van der Waals surface area contributed by atoms with Crippen molar-refractivity contribution >= 4 is 54.8 Å². The summed E-state index contributed by atoms with van der Waals surface area (Å²) in [5.74, 6) is 1.53. The maximum atomic E-state index is 6.50. The lowest BCUT2D eigenvalue weighted by atomic mass is 10.1. The molecule has 0 saturated heterocycles. The number of hydrogen-bond acceptors (Lipinski definition) is 4. The van der Waals surface area contributed by atoms with Crippen LogP contribution in [0.25, 0.3) is 54.8 Å². The van der Waals surface area contributed by atoms with Gasteiger partial charge in [-0.25, -0.2) is 15.0 Å². The molecule has 0 N–H and O–H groups in total. The van der Waals surface area contributed by atoms with Gasteiger partial charge in [0.1, 0.15) is 28.4 Å². The molecule has 5 heterocycles. The lowest BCUT2D eigenvalue weighted by Crippen LogP contribution is -1.96. The number of hydrogen-bond donors (Lipinski definition) is 0. The number of aromatic nitrogens is 5. The number of aryl methyl sites for hydroxylation is 4. The quantitative estimate of drug-likeness (QED) is 0.222. The third-order valence-electron chi connectivity index (χ3n) is 8.11. The largest absolute Gasteiger partial charge is 0.457 e. The second-order valence-corrected chi connectivity index (χ2v) is 10.3. The molecule has 0 aliphatic heterocycles. The maximum absolute atomic E-state index is 6.50. The number of fused-ring (bicyclic) bond motifs is 12. The average molecular weight is 508 g/mol. The van der Waals surface area contributed by atoms with Crippen LogP contribution in [-0.2, 0) is 0 Å². The van der Waals surface area contributed by atoms with Gasteiger partial charge in [-0.05, 0) is 93.1 Å². The average Bonchev–Trinajstić information content (AvgIpc) is 3.43. The lowest BCUT2D eigenvalue weighted by Gasteiger charge is -2.13. The van der Waals surface area contributed by atoms with Gasteiger partial charge in [0.05, 0.1) is 16.9 Å². The molecule has 0 amide bonds. The molecule has 39 heavy (non-hydrogen) atoms. The minimum absolute atomic E-state index is 0.762. The minimum atomic E-state index is 0.762. The summed E-state index contributed by atoms with van der Waals surface area (Å²) in [6.45, 7) is 8.33. The Balaban J connectivity index is 1.34. The van der Waals surface area contributed by atoms with Gasteiger partial charge in [0, 0.05) is 39.1 Å². The predicted octanol–water partition coefficient (Wildman–Crippen LogP) is 8.02. The first kappa shape index (κ1) is 22.1. The lowest BCUT2D eigenvalue weighted by molar-refractivity contribution is 0.484. The van der Waals surface area contributed by atoms with Crippen molar-refractivity contribution in [3.05, 3.63) is 102 Å². The van der Waals surface area contributed by atoms with Gasteiger partial charge >= 0.3 is 0 Å². The van der Waals surface area contributed by atoms with Crippen LogP contribution in [0.15, 0.2) is 79.0 Å². The van der Waals surface area contributed by atoms with Crippen LogP contribution in [0.1, 0.15) is 22.8 Å². The van der Waals surface area contributed by atoms with Gasteiger partial charge in [0.2, 0.25) is 0 Å². The summed E-state index contributed by atoms with van der Waals surface area (Å²) < 4.78 is 10.9. The van der Waals surface area contributed by atoms with E-state index in [0.717, 1.165) is 83.7 Å². The van der Waals surface area contributed by atoms with E-state index < -0.39 is 0 Å². The first-order chi connectivity index (χ1) is 19.0. The van der Waals surface area contributed by atoms with E-state index in [-0.39, 0.29) is 0 Å². The number of nitrogens with zero attached hydrogens (tertiary/aromatic N) is 5. The Bertz CT molecular complexity index is 2140. The Labute approximate surface area is 224 Å². The zero-order valence-electron chi connectivity index (χ0n) is 22.1. The molecule has 0 spiro atoms. The summed E-state index contributed by atoms with van der Waals surface area (Å²) in [7, 11) is 0. The SMILES string of the molecule is Cc1nc2c3cc(Oc4ccc5c6cccnc6n6c(C)c(C)nc6c5c4)ccc3c3ccccc3n2c1C. The number of benzene rings is 3. The van der Waals surface area contributed by atoms with E-state index in [1.165, 1.54) is 5.39 Å². The van der Waals surface area contributed by atoms with Crippen molar-refractivity contribution < 1.29 is 4.74 Å². The van der Waals surface area contributed by atoms with E-state index in [0.29, 0.717) is 0 Å². The summed E-state index contributed by atoms with van der Waals surface area (Å²) >= 11 is 0. The molecule has 0 aliphatic rings.